The molecule has 2 atom stereocenters. The summed E-state index contributed by atoms with van der Waals surface area (Å²) in [6.07, 6.45) is 7.68. The third kappa shape index (κ3) is 4.13. The van der Waals surface area contributed by atoms with Crippen LogP contribution in [0.25, 0.3) is 6.08 Å². The Bertz CT molecular complexity index is 766. The van der Waals surface area contributed by atoms with E-state index in [2.05, 4.69) is 10.8 Å². The molecule has 0 radical (unpaired) electrons. The second-order valence-corrected chi connectivity index (χ2v) is 8.11. The van der Waals surface area contributed by atoms with Crippen LogP contribution in [0.2, 0.25) is 0 Å². The Hall–Kier alpha value is -1.92. The lowest BCUT2D eigenvalue weighted by atomic mass is 9.97. The lowest BCUT2D eigenvalue weighted by Crippen LogP contribution is -2.41. The van der Waals surface area contributed by atoms with E-state index in [-0.39, 0.29) is 18.5 Å². The van der Waals surface area contributed by atoms with Crippen molar-refractivity contribution in [3.8, 4) is 0 Å². The number of allylic oxidation sites excluding steroid dienone is 1. The fraction of sp³-hybridized carbons (Fsp3) is 0.389. The third-order valence-corrected chi connectivity index (χ3v) is 5.56. The number of carbonyl (C=O) groups excluding carboxylic acids is 1. The first kappa shape index (κ1) is 16.9. The molecule has 1 saturated heterocycles. The summed E-state index contributed by atoms with van der Waals surface area (Å²) in [7, 11) is -3.63. The number of hydrogen-bond acceptors (Lipinski definition) is 3. The quantitative estimate of drug-likeness (QED) is 0.830. The zero-order chi connectivity index (χ0) is 17.2. The molecule has 1 aromatic carbocycles. The van der Waals surface area contributed by atoms with Crippen LogP contribution in [0.4, 0.5) is 0 Å². The molecule has 24 heavy (non-hydrogen) atoms. The maximum atomic E-state index is 12.3. The van der Waals surface area contributed by atoms with Gasteiger partial charge in [0.2, 0.25) is 15.9 Å². The van der Waals surface area contributed by atoms with Crippen LogP contribution in [0.3, 0.4) is 0 Å². The number of aryl methyl sites for hydroxylation is 1. The number of likely N-dealkylation sites (tertiary alicyclic amines) is 1. The average Bonchev–Trinajstić information content (AvgIpc) is 2.86. The van der Waals surface area contributed by atoms with Gasteiger partial charge in [-0.1, -0.05) is 42.0 Å². The molecule has 6 heteroatoms. The zero-order valence-corrected chi connectivity index (χ0v) is 14.5. The maximum Gasteiger partial charge on any atom is 0.238 e. The first-order valence-electron chi connectivity index (χ1n) is 8.13. The molecule has 128 valence electrons. The molecule has 2 aliphatic rings. The number of nitrogens with zero attached hydrogens (tertiary/aromatic N) is 1. The average molecular weight is 346 g/mol. The summed E-state index contributed by atoms with van der Waals surface area (Å²) in [4.78, 5) is 14.1. The SMILES string of the molecule is Cc1ccc(/C=C/S(=O)(=O)NCC(=O)N2CC3CC=CC2C3)cc1. The molecule has 1 aromatic rings. The fourth-order valence-corrected chi connectivity index (χ4v) is 3.94. The van der Waals surface area contributed by atoms with Crippen LogP contribution < -0.4 is 4.72 Å². The number of benzene rings is 1. The standard InChI is InChI=1S/C18H22N2O3S/c1-14-5-7-15(8-6-14)9-10-24(22,23)19-12-18(21)20-13-16-3-2-4-17(20)11-16/h2,4-10,16-17,19H,3,11-13H2,1H3/b10-9+. The minimum atomic E-state index is -3.63. The number of carbonyl (C=O) groups is 1. The summed E-state index contributed by atoms with van der Waals surface area (Å²) in [6, 6.07) is 7.67. The molecule has 1 amide bonds. The second-order valence-electron chi connectivity index (χ2n) is 6.46. The van der Waals surface area contributed by atoms with Gasteiger partial charge in [-0.3, -0.25) is 4.79 Å². The number of rotatable bonds is 5. The van der Waals surface area contributed by atoms with Crippen molar-refractivity contribution in [3.63, 3.8) is 0 Å². The van der Waals surface area contributed by atoms with E-state index in [9.17, 15) is 13.2 Å². The van der Waals surface area contributed by atoms with Crippen LogP contribution in [0.15, 0.2) is 41.8 Å². The van der Waals surface area contributed by atoms with E-state index in [0.717, 1.165) is 35.9 Å². The molecule has 0 spiro atoms. The van der Waals surface area contributed by atoms with Crippen molar-refractivity contribution < 1.29 is 13.2 Å². The highest BCUT2D eigenvalue weighted by Crippen LogP contribution is 2.30. The van der Waals surface area contributed by atoms with E-state index in [1.54, 1.807) is 4.90 Å². The Morgan fingerprint density at radius 2 is 2.08 bits per heavy atom. The van der Waals surface area contributed by atoms with E-state index in [4.69, 9.17) is 0 Å². The lowest BCUT2D eigenvalue weighted by Gasteiger charge is -2.21. The topological polar surface area (TPSA) is 66.5 Å². The second kappa shape index (κ2) is 6.91. The van der Waals surface area contributed by atoms with Crippen LogP contribution in [-0.4, -0.2) is 38.4 Å². The Morgan fingerprint density at radius 3 is 2.79 bits per heavy atom. The molecule has 1 aliphatic heterocycles. The summed E-state index contributed by atoms with van der Waals surface area (Å²) in [5.41, 5.74) is 1.92. The van der Waals surface area contributed by atoms with E-state index in [1.807, 2.05) is 37.3 Å². The van der Waals surface area contributed by atoms with Gasteiger partial charge >= 0.3 is 0 Å². The first-order chi connectivity index (χ1) is 11.4. The minimum absolute atomic E-state index is 0.129. The predicted molar refractivity (Wildman–Crippen MR) is 94.5 cm³/mol. The smallest absolute Gasteiger partial charge is 0.238 e. The van der Waals surface area contributed by atoms with Crippen LogP contribution in [-0.2, 0) is 14.8 Å². The van der Waals surface area contributed by atoms with E-state index < -0.39 is 10.0 Å². The van der Waals surface area contributed by atoms with Gasteiger partial charge in [0, 0.05) is 12.0 Å². The Labute approximate surface area is 143 Å². The summed E-state index contributed by atoms with van der Waals surface area (Å²) < 4.78 is 26.4. The van der Waals surface area contributed by atoms with Crippen molar-refractivity contribution in [2.45, 2.75) is 25.8 Å². The highest BCUT2D eigenvalue weighted by Gasteiger charge is 2.35. The third-order valence-electron chi connectivity index (χ3n) is 4.52. The van der Waals surface area contributed by atoms with E-state index >= 15 is 0 Å². The highest BCUT2D eigenvalue weighted by atomic mass is 32.2. The Kier molecular flexibility index (Phi) is 4.87. The summed E-state index contributed by atoms with van der Waals surface area (Å²) >= 11 is 0. The van der Waals surface area contributed by atoms with Gasteiger partial charge in [0.1, 0.15) is 0 Å². The molecule has 3 rings (SSSR count). The molecule has 0 saturated carbocycles. The number of hydrogen-bond donors (Lipinski definition) is 1. The summed E-state index contributed by atoms with van der Waals surface area (Å²) in [5.74, 6) is 0.350. The van der Waals surface area contributed by atoms with Gasteiger partial charge in [-0.05, 0) is 37.3 Å². The number of nitrogens with one attached hydrogen (secondary N) is 1. The van der Waals surface area contributed by atoms with Crippen molar-refractivity contribution in [3.05, 3.63) is 53.0 Å². The predicted octanol–water partition coefficient (Wildman–Crippen LogP) is 2.06. The van der Waals surface area contributed by atoms with Gasteiger partial charge in [-0.2, -0.15) is 0 Å². The minimum Gasteiger partial charge on any atom is -0.335 e. The number of sulfonamides is 1. The van der Waals surface area contributed by atoms with Crippen LogP contribution in [0, 0.1) is 12.8 Å². The molecule has 2 bridgehead atoms. The fourth-order valence-electron chi connectivity index (χ4n) is 3.18. The molecule has 1 fully saturated rings. The molecule has 1 heterocycles. The number of fused-ring (bicyclic) bond motifs is 2. The summed E-state index contributed by atoms with van der Waals surface area (Å²) in [5, 5.41) is 1.10. The lowest BCUT2D eigenvalue weighted by molar-refractivity contribution is -0.130. The summed E-state index contributed by atoms with van der Waals surface area (Å²) in [6.45, 7) is 2.49. The first-order valence-corrected chi connectivity index (χ1v) is 9.68. The molecule has 5 nitrogen and oxygen atoms in total. The van der Waals surface area contributed by atoms with Gasteiger partial charge in [0.25, 0.3) is 0 Å². The van der Waals surface area contributed by atoms with Crippen LogP contribution in [0.1, 0.15) is 24.0 Å². The zero-order valence-electron chi connectivity index (χ0n) is 13.7. The Balaban J connectivity index is 1.56. The molecule has 0 aromatic heterocycles. The number of amides is 1. The van der Waals surface area contributed by atoms with Crippen molar-refractivity contribution in [2.75, 3.05) is 13.1 Å². The van der Waals surface area contributed by atoms with Crippen LogP contribution in [0.5, 0.6) is 0 Å². The van der Waals surface area contributed by atoms with Gasteiger partial charge in [-0.25, -0.2) is 13.1 Å². The van der Waals surface area contributed by atoms with Crippen molar-refractivity contribution >= 4 is 22.0 Å². The van der Waals surface area contributed by atoms with Crippen molar-refractivity contribution in [1.29, 1.82) is 0 Å². The molecule has 1 N–H and O–H groups in total. The van der Waals surface area contributed by atoms with Crippen molar-refractivity contribution in [2.24, 2.45) is 5.92 Å². The molecular weight excluding hydrogens is 324 g/mol. The molecule has 2 unspecified atom stereocenters. The maximum absolute atomic E-state index is 12.3. The monoisotopic (exact) mass is 346 g/mol. The molecule has 1 aliphatic carbocycles. The van der Waals surface area contributed by atoms with Gasteiger partial charge in [-0.15, -0.1) is 0 Å². The van der Waals surface area contributed by atoms with Gasteiger partial charge in [0.05, 0.1) is 12.6 Å². The Morgan fingerprint density at radius 1 is 1.33 bits per heavy atom. The normalized spacial score (nSPS) is 23.1. The van der Waals surface area contributed by atoms with Crippen molar-refractivity contribution in [1.82, 2.24) is 9.62 Å². The van der Waals surface area contributed by atoms with E-state index in [0.29, 0.717) is 5.92 Å². The molecular formula is C18H22N2O3S. The highest BCUT2D eigenvalue weighted by molar-refractivity contribution is 7.92. The largest absolute Gasteiger partial charge is 0.335 e. The van der Waals surface area contributed by atoms with Gasteiger partial charge in [0.15, 0.2) is 0 Å². The van der Waals surface area contributed by atoms with Crippen LogP contribution >= 0.6 is 0 Å². The van der Waals surface area contributed by atoms with Gasteiger partial charge < -0.3 is 4.90 Å². The van der Waals surface area contributed by atoms with E-state index in [1.165, 1.54) is 6.08 Å².